The molecule has 3 N–H and O–H groups in total. The summed E-state index contributed by atoms with van der Waals surface area (Å²) in [6, 6.07) is 8.93. The summed E-state index contributed by atoms with van der Waals surface area (Å²) in [4.78, 5) is 8.19. The number of rotatable bonds is 4. The number of fused-ring (bicyclic) bond motifs is 1. The van der Waals surface area contributed by atoms with Crippen LogP contribution in [0.25, 0.3) is 10.9 Å². The van der Waals surface area contributed by atoms with Gasteiger partial charge in [0.15, 0.2) is 0 Å². The zero-order chi connectivity index (χ0) is 15.5. The topological polar surface area (TPSA) is 63.8 Å². The molecule has 2 aromatic carbocycles. The van der Waals surface area contributed by atoms with E-state index in [1.54, 1.807) is 18.2 Å². The largest absolute Gasteiger partial charge is 0.399 e. The van der Waals surface area contributed by atoms with Gasteiger partial charge < -0.3 is 11.1 Å². The van der Waals surface area contributed by atoms with Crippen LogP contribution in [-0.2, 0) is 6.42 Å². The van der Waals surface area contributed by atoms with Crippen LogP contribution in [0, 0.1) is 11.6 Å². The second-order valence-electron chi connectivity index (χ2n) is 4.91. The Morgan fingerprint density at radius 2 is 1.91 bits per heavy atom. The van der Waals surface area contributed by atoms with Gasteiger partial charge in [0.05, 0.1) is 5.52 Å². The van der Waals surface area contributed by atoms with Crippen molar-refractivity contribution < 1.29 is 8.78 Å². The van der Waals surface area contributed by atoms with Crippen molar-refractivity contribution in [2.24, 2.45) is 0 Å². The summed E-state index contributed by atoms with van der Waals surface area (Å²) in [6.45, 7) is 0.462. The minimum absolute atomic E-state index is 0.333. The molecule has 0 aliphatic carbocycles. The average Bonchev–Trinajstić information content (AvgIpc) is 2.50. The number of aromatic nitrogens is 2. The molecule has 0 amide bonds. The molecule has 0 unspecified atom stereocenters. The predicted octanol–water partition coefficient (Wildman–Crippen LogP) is 3.14. The molecule has 0 bridgehead atoms. The van der Waals surface area contributed by atoms with Gasteiger partial charge in [-0.05, 0) is 42.3 Å². The van der Waals surface area contributed by atoms with E-state index in [9.17, 15) is 8.78 Å². The van der Waals surface area contributed by atoms with E-state index < -0.39 is 0 Å². The van der Waals surface area contributed by atoms with E-state index in [4.69, 9.17) is 5.73 Å². The molecule has 0 aliphatic heterocycles. The Morgan fingerprint density at radius 3 is 2.73 bits per heavy atom. The fourth-order valence-electron chi connectivity index (χ4n) is 2.25. The number of nitrogens with two attached hydrogens (primary N) is 1. The van der Waals surface area contributed by atoms with Gasteiger partial charge in [0, 0.05) is 17.6 Å². The van der Waals surface area contributed by atoms with Crippen molar-refractivity contribution >= 4 is 22.4 Å². The highest BCUT2D eigenvalue weighted by Crippen LogP contribution is 2.20. The monoisotopic (exact) mass is 300 g/mol. The fourth-order valence-corrected chi connectivity index (χ4v) is 2.25. The normalized spacial score (nSPS) is 10.8. The first kappa shape index (κ1) is 14.2. The molecular weight excluding hydrogens is 286 g/mol. The molecule has 0 saturated heterocycles. The molecule has 1 heterocycles. The van der Waals surface area contributed by atoms with Crippen molar-refractivity contribution in [1.82, 2.24) is 9.97 Å². The van der Waals surface area contributed by atoms with Crippen molar-refractivity contribution in [1.29, 1.82) is 0 Å². The van der Waals surface area contributed by atoms with E-state index >= 15 is 0 Å². The van der Waals surface area contributed by atoms with E-state index in [0.717, 1.165) is 0 Å². The number of anilines is 2. The maximum absolute atomic E-state index is 13.7. The summed E-state index contributed by atoms with van der Waals surface area (Å²) < 4.78 is 27.0. The van der Waals surface area contributed by atoms with E-state index in [1.807, 2.05) is 0 Å². The number of nitrogens with zero attached hydrogens (tertiary/aromatic N) is 2. The summed E-state index contributed by atoms with van der Waals surface area (Å²) in [7, 11) is 0. The summed E-state index contributed by atoms with van der Waals surface area (Å²) in [5.41, 5.74) is 7.12. The van der Waals surface area contributed by atoms with E-state index in [0.29, 0.717) is 40.9 Å². The van der Waals surface area contributed by atoms with Crippen LogP contribution < -0.4 is 11.1 Å². The van der Waals surface area contributed by atoms with Crippen molar-refractivity contribution in [2.45, 2.75) is 6.42 Å². The molecule has 22 heavy (non-hydrogen) atoms. The molecule has 3 rings (SSSR count). The third-order valence-electron chi connectivity index (χ3n) is 3.36. The van der Waals surface area contributed by atoms with Gasteiger partial charge in [0.1, 0.15) is 23.8 Å². The highest BCUT2D eigenvalue weighted by atomic mass is 19.1. The van der Waals surface area contributed by atoms with Gasteiger partial charge in [-0.15, -0.1) is 0 Å². The molecule has 0 atom stereocenters. The summed E-state index contributed by atoms with van der Waals surface area (Å²) in [5, 5.41) is 3.69. The van der Waals surface area contributed by atoms with Gasteiger partial charge in [-0.1, -0.05) is 6.07 Å². The number of hydrogen-bond donors (Lipinski definition) is 2. The van der Waals surface area contributed by atoms with Gasteiger partial charge >= 0.3 is 0 Å². The van der Waals surface area contributed by atoms with Crippen LogP contribution in [-0.4, -0.2) is 16.5 Å². The predicted molar refractivity (Wildman–Crippen MR) is 82.5 cm³/mol. The van der Waals surface area contributed by atoms with Gasteiger partial charge in [-0.25, -0.2) is 18.7 Å². The average molecular weight is 300 g/mol. The Labute approximate surface area is 126 Å². The Balaban J connectivity index is 1.75. The molecular formula is C16H14F2N4. The Morgan fingerprint density at radius 1 is 1.05 bits per heavy atom. The minimum atomic E-state index is -0.352. The van der Waals surface area contributed by atoms with Crippen LogP contribution in [0.2, 0.25) is 0 Å². The van der Waals surface area contributed by atoms with E-state index in [2.05, 4.69) is 15.3 Å². The smallest absolute Gasteiger partial charge is 0.137 e. The SMILES string of the molecule is Nc1ccc(CCNc2ncnc3ccc(F)cc23)c(F)c1. The molecule has 0 aliphatic rings. The first-order valence-electron chi connectivity index (χ1n) is 6.81. The number of benzene rings is 2. The van der Waals surface area contributed by atoms with E-state index in [1.165, 1.54) is 24.5 Å². The third-order valence-corrected chi connectivity index (χ3v) is 3.36. The lowest BCUT2D eigenvalue weighted by molar-refractivity contribution is 0.611. The van der Waals surface area contributed by atoms with Gasteiger partial charge in [-0.3, -0.25) is 0 Å². The first-order chi connectivity index (χ1) is 10.6. The highest BCUT2D eigenvalue weighted by Gasteiger charge is 2.06. The quantitative estimate of drug-likeness (QED) is 0.727. The molecule has 1 aromatic heterocycles. The van der Waals surface area contributed by atoms with Crippen molar-refractivity contribution in [3.63, 3.8) is 0 Å². The van der Waals surface area contributed by atoms with Gasteiger partial charge in [0.25, 0.3) is 0 Å². The van der Waals surface area contributed by atoms with Crippen LogP contribution in [0.15, 0.2) is 42.7 Å². The van der Waals surface area contributed by atoms with Crippen LogP contribution in [0.1, 0.15) is 5.56 Å². The molecule has 0 fully saturated rings. The van der Waals surface area contributed by atoms with Gasteiger partial charge in [-0.2, -0.15) is 0 Å². The number of nitrogens with one attached hydrogen (secondary N) is 1. The second-order valence-corrected chi connectivity index (χ2v) is 4.91. The molecule has 3 aromatic rings. The van der Waals surface area contributed by atoms with Crippen LogP contribution in [0.5, 0.6) is 0 Å². The van der Waals surface area contributed by atoms with Gasteiger partial charge in [0.2, 0.25) is 0 Å². The lowest BCUT2D eigenvalue weighted by atomic mass is 10.1. The molecule has 0 spiro atoms. The summed E-state index contributed by atoms with van der Waals surface area (Å²) in [6.07, 6.45) is 1.87. The highest BCUT2D eigenvalue weighted by molar-refractivity contribution is 5.88. The maximum Gasteiger partial charge on any atom is 0.137 e. The fraction of sp³-hybridized carbons (Fsp3) is 0.125. The molecule has 4 nitrogen and oxygen atoms in total. The maximum atomic E-state index is 13.7. The third kappa shape index (κ3) is 2.95. The van der Waals surface area contributed by atoms with Crippen molar-refractivity contribution in [3.05, 3.63) is 59.9 Å². The lowest BCUT2D eigenvalue weighted by Gasteiger charge is -2.09. The first-order valence-corrected chi connectivity index (χ1v) is 6.81. The Kier molecular flexibility index (Phi) is 3.82. The molecule has 0 radical (unpaired) electrons. The molecule has 112 valence electrons. The number of halogens is 2. The van der Waals surface area contributed by atoms with Crippen molar-refractivity contribution in [2.75, 3.05) is 17.6 Å². The summed E-state index contributed by atoms with van der Waals surface area (Å²) >= 11 is 0. The summed E-state index contributed by atoms with van der Waals surface area (Å²) in [5.74, 6) is -0.157. The zero-order valence-electron chi connectivity index (χ0n) is 11.7. The molecule has 0 saturated carbocycles. The zero-order valence-corrected chi connectivity index (χ0v) is 11.7. The van der Waals surface area contributed by atoms with Crippen LogP contribution >= 0.6 is 0 Å². The number of nitrogen functional groups attached to an aromatic ring is 1. The lowest BCUT2D eigenvalue weighted by Crippen LogP contribution is -2.08. The standard InChI is InChI=1S/C16H14F2N4/c17-11-2-4-15-13(7-11)16(22-9-21-15)20-6-5-10-1-3-12(19)8-14(10)18/h1-4,7-9H,5-6,19H2,(H,20,21,22). The molecule has 6 heteroatoms. The number of hydrogen-bond acceptors (Lipinski definition) is 4. The van der Waals surface area contributed by atoms with Crippen LogP contribution in [0.3, 0.4) is 0 Å². The van der Waals surface area contributed by atoms with Crippen LogP contribution in [0.4, 0.5) is 20.3 Å². The van der Waals surface area contributed by atoms with E-state index in [-0.39, 0.29) is 11.6 Å². The minimum Gasteiger partial charge on any atom is -0.399 e. The second kappa shape index (κ2) is 5.93. The Bertz CT molecular complexity index is 820. The Hall–Kier alpha value is -2.76. The van der Waals surface area contributed by atoms with Crippen molar-refractivity contribution in [3.8, 4) is 0 Å².